The Balaban J connectivity index is 3.10. The normalized spacial score (nSPS) is 10.3. The van der Waals surface area contributed by atoms with Gasteiger partial charge in [-0.1, -0.05) is 52.4 Å². The standard InChI is InChI=1S/C13H26O2/c1-3-5-7-8-10-12-15-13(14)11-9-6-4-2/h3-12H2,1-2H3. The van der Waals surface area contributed by atoms with Crippen LogP contribution in [0.4, 0.5) is 0 Å². The lowest BCUT2D eigenvalue weighted by Crippen LogP contribution is -2.05. The number of carbonyl (C=O) groups excluding carboxylic acids is 1. The van der Waals surface area contributed by atoms with Crippen LogP contribution in [0.1, 0.15) is 71.6 Å². The lowest BCUT2D eigenvalue weighted by atomic mass is 10.2. The predicted molar refractivity (Wildman–Crippen MR) is 63.9 cm³/mol. The Bertz CT molecular complexity index is 143. The maximum Gasteiger partial charge on any atom is 0.305 e. The molecule has 0 unspecified atom stereocenters. The van der Waals surface area contributed by atoms with Gasteiger partial charge in [0.15, 0.2) is 0 Å². The fourth-order valence-corrected chi connectivity index (χ4v) is 1.48. The quantitative estimate of drug-likeness (QED) is 0.404. The Morgan fingerprint density at radius 3 is 2.13 bits per heavy atom. The van der Waals surface area contributed by atoms with Crippen LogP contribution in [-0.2, 0) is 9.53 Å². The molecule has 0 aromatic rings. The molecule has 0 aliphatic heterocycles. The van der Waals surface area contributed by atoms with Gasteiger partial charge in [-0.2, -0.15) is 0 Å². The molecule has 0 aromatic heterocycles. The summed E-state index contributed by atoms with van der Waals surface area (Å²) in [5, 5.41) is 0. The molecule has 0 aliphatic rings. The molecule has 0 aliphatic carbocycles. The molecule has 0 amide bonds. The van der Waals surface area contributed by atoms with Gasteiger partial charge in [-0.3, -0.25) is 4.79 Å². The molecule has 0 N–H and O–H groups in total. The molecule has 0 saturated carbocycles. The molecule has 2 heteroatoms. The van der Waals surface area contributed by atoms with Gasteiger partial charge in [0.2, 0.25) is 0 Å². The minimum Gasteiger partial charge on any atom is -0.466 e. The molecule has 0 saturated heterocycles. The highest BCUT2D eigenvalue weighted by Gasteiger charge is 2.01. The first-order valence-corrected chi connectivity index (χ1v) is 6.46. The summed E-state index contributed by atoms with van der Waals surface area (Å²) in [7, 11) is 0. The molecule has 0 bridgehead atoms. The van der Waals surface area contributed by atoms with E-state index in [4.69, 9.17) is 4.74 Å². The van der Waals surface area contributed by atoms with Gasteiger partial charge in [-0.15, -0.1) is 0 Å². The number of ether oxygens (including phenoxy) is 1. The van der Waals surface area contributed by atoms with E-state index in [-0.39, 0.29) is 5.97 Å². The van der Waals surface area contributed by atoms with Crippen LogP contribution in [0, 0.1) is 0 Å². The molecule has 0 rings (SSSR count). The number of esters is 1. The molecule has 0 fully saturated rings. The van der Waals surface area contributed by atoms with E-state index < -0.39 is 0 Å². The number of carbonyl (C=O) groups is 1. The van der Waals surface area contributed by atoms with Gasteiger partial charge < -0.3 is 4.74 Å². The van der Waals surface area contributed by atoms with Crippen molar-refractivity contribution in [3.63, 3.8) is 0 Å². The van der Waals surface area contributed by atoms with Crippen molar-refractivity contribution in [3.05, 3.63) is 0 Å². The first kappa shape index (κ1) is 14.5. The summed E-state index contributed by atoms with van der Waals surface area (Å²) >= 11 is 0. The van der Waals surface area contributed by atoms with E-state index in [1.54, 1.807) is 0 Å². The van der Waals surface area contributed by atoms with Gasteiger partial charge in [0, 0.05) is 6.42 Å². The molecule has 0 spiro atoms. The monoisotopic (exact) mass is 214 g/mol. The Kier molecular flexibility index (Phi) is 11.1. The lowest BCUT2D eigenvalue weighted by Gasteiger charge is -2.04. The molecule has 0 heterocycles. The van der Waals surface area contributed by atoms with Crippen LogP contribution >= 0.6 is 0 Å². The maximum atomic E-state index is 11.2. The highest BCUT2D eigenvalue weighted by molar-refractivity contribution is 5.69. The Morgan fingerprint density at radius 2 is 1.47 bits per heavy atom. The van der Waals surface area contributed by atoms with Gasteiger partial charge in [0.25, 0.3) is 0 Å². The summed E-state index contributed by atoms with van der Waals surface area (Å²) < 4.78 is 5.13. The summed E-state index contributed by atoms with van der Waals surface area (Å²) in [4.78, 5) is 11.2. The third-order valence-corrected chi connectivity index (χ3v) is 2.50. The van der Waals surface area contributed by atoms with Crippen LogP contribution < -0.4 is 0 Å². The van der Waals surface area contributed by atoms with Crippen LogP contribution in [0.3, 0.4) is 0 Å². The second kappa shape index (κ2) is 11.5. The average molecular weight is 214 g/mol. The predicted octanol–water partition coefficient (Wildman–Crippen LogP) is 4.08. The van der Waals surface area contributed by atoms with Crippen molar-refractivity contribution in [1.82, 2.24) is 0 Å². The minimum atomic E-state index is -0.0149. The fourth-order valence-electron chi connectivity index (χ4n) is 1.48. The van der Waals surface area contributed by atoms with Crippen LogP contribution in [-0.4, -0.2) is 12.6 Å². The van der Waals surface area contributed by atoms with Crippen LogP contribution in [0.15, 0.2) is 0 Å². The van der Waals surface area contributed by atoms with E-state index in [1.807, 2.05) is 0 Å². The van der Waals surface area contributed by atoms with E-state index in [0.29, 0.717) is 13.0 Å². The second-order valence-electron chi connectivity index (χ2n) is 4.09. The Morgan fingerprint density at radius 1 is 0.867 bits per heavy atom. The summed E-state index contributed by atoms with van der Waals surface area (Å²) in [5.74, 6) is -0.0149. The summed E-state index contributed by atoms with van der Waals surface area (Å²) in [6.45, 7) is 4.96. The zero-order chi connectivity index (χ0) is 11.4. The van der Waals surface area contributed by atoms with Gasteiger partial charge >= 0.3 is 5.97 Å². The highest BCUT2D eigenvalue weighted by Crippen LogP contribution is 2.04. The summed E-state index contributed by atoms with van der Waals surface area (Å²) in [6, 6.07) is 0. The summed E-state index contributed by atoms with van der Waals surface area (Å²) in [6.07, 6.45) is 9.91. The Hall–Kier alpha value is -0.530. The van der Waals surface area contributed by atoms with Crippen LogP contribution in [0.25, 0.3) is 0 Å². The van der Waals surface area contributed by atoms with Gasteiger partial charge in [0.1, 0.15) is 0 Å². The van der Waals surface area contributed by atoms with Crippen molar-refractivity contribution in [3.8, 4) is 0 Å². The molecular formula is C13H26O2. The number of hydrogen-bond acceptors (Lipinski definition) is 2. The van der Waals surface area contributed by atoms with E-state index in [2.05, 4.69) is 13.8 Å². The molecule has 0 atom stereocenters. The zero-order valence-corrected chi connectivity index (χ0v) is 10.4. The second-order valence-corrected chi connectivity index (χ2v) is 4.09. The topological polar surface area (TPSA) is 26.3 Å². The van der Waals surface area contributed by atoms with E-state index in [1.165, 1.54) is 25.7 Å². The van der Waals surface area contributed by atoms with E-state index in [0.717, 1.165) is 25.7 Å². The minimum absolute atomic E-state index is 0.0149. The van der Waals surface area contributed by atoms with Crippen molar-refractivity contribution in [2.75, 3.05) is 6.61 Å². The lowest BCUT2D eigenvalue weighted by molar-refractivity contribution is -0.143. The molecule has 90 valence electrons. The number of rotatable bonds is 10. The van der Waals surface area contributed by atoms with Crippen LogP contribution in [0.2, 0.25) is 0 Å². The Labute approximate surface area is 94.4 Å². The van der Waals surface area contributed by atoms with Crippen molar-refractivity contribution >= 4 is 5.97 Å². The third kappa shape index (κ3) is 11.4. The van der Waals surface area contributed by atoms with Gasteiger partial charge in [0.05, 0.1) is 6.61 Å². The van der Waals surface area contributed by atoms with Crippen molar-refractivity contribution in [2.45, 2.75) is 71.6 Å². The molecular weight excluding hydrogens is 188 g/mol. The average Bonchev–Trinajstić information content (AvgIpc) is 2.23. The number of unbranched alkanes of at least 4 members (excludes halogenated alkanes) is 6. The summed E-state index contributed by atoms with van der Waals surface area (Å²) in [5.41, 5.74) is 0. The van der Waals surface area contributed by atoms with E-state index in [9.17, 15) is 4.79 Å². The van der Waals surface area contributed by atoms with Crippen molar-refractivity contribution in [1.29, 1.82) is 0 Å². The zero-order valence-electron chi connectivity index (χ0n) is 10.4. The van der Waals surface area contributed by atoms with Gasteiger partial charge in [-0.25, -0.2) is 0 Å². The highest BCUT2D eigenvalue weighted by atomic mass is 16.5. The van der Waals surface area contributed by atoms with E-state index >= 15 is 0 Å². The van der Waals surface area contributed by atoms with Crippen molar-refractivity contribution < 1.29 is 9.53 Å². The smallest absolute Gasteiger partial charge is 0.305 e. The van der Waals surface area contributed by atoms with Crippen LogP contribution in [0.5, 0.6) is 0 Å². The van der Waals surface area contributed by atoms with Crippen molar-refractivity contribution in [2.24, 2.45) is 0 Å². The molecule has 0 radical (unpaired) electrons. The first-order chi connectivity index (χ1) is 7.31. The molecule has 15 heavy (non-hydrogen) atoms. The maximum absolute atomic E-state index is 11.2. The fraction of sp³-hybridized carbons (Fsp3) is 0.923. The molecule has 0 aromatic carbocycles. The van der Waals surface area contributed by atoms with Gasteiger partial charge in [-0.05, 0) is 12.8 Å². The molecule has 2 nitrogen and oxygen atoms in total. The first-order valence-electron chi connectivity index (χ1n) is 6.46. The third-order valence-electron chi connectivity index (χ3n) is 2.50. The largest absolute Gasteiger partial charge is 0.466 e. The number of hydrogen-bond donors (Lipinski definition) is 0. The SMILES string of the molecule is CCCCCCCOC(=O)CCCCC.